The van der Waals surface area contributed by atoms with Crippen LogP contribution >= 0.6 is 27.5 Å². The Kier molecular flexibility index (Phi) is 3.49. The molecule has 0 aliphatic carbocycles. The van der Waals surface area contributed by atoms with E-state index in [0.29, 0.717) is 17.0 Å². The smallest absolute Gasteiger partial charge is 0.232 e. The summed E-state index contributed by atoms with van der Waals surface area (Å²) in [6.45, 7) is 3.91. The third kappa shape index (κ3) is 2.46. The van der Waals surface area contributed by atoms with E-state index in [9.17, 15) is 0 Å². The van der Waals surface area contributed by atoms with E-state index in [-0.39, 0.29) is 5.28 Å². The summed E-state index contributed by atoms with van der Waals surface area (Å²) in [5.41, 5.74) is 0. The van der Waals surface area contributed by atoms with E-state index in [1.165, 1.54) is 6.20 Å². The maximum absolute atomic E-state index is 5.55. The maximum Gasteiger partial charge on any atom is 0.232 e. The first-order chi connectivity index (χ1) is 5.74. The van der Waals surface area contributed by atoms with Gasteiger partial charge in [-0.3, -0.25) is 0 Å². The van der Waals surface area contributed by atoms with Crippen LogP contribution in [0.3, 0.4) is 0 Å². The van der Waals surface area contributed by atoms with Crippen LogP contribution in [-0.2, 0) is 0 Å². The molecule has 0 atom stereocenters. The minimum absolute atomic E-state index is 0.164. The molecule has 0 aliphatic rings. The highest BCUT2D eigenvalue weighted by atomic mass is 79.9. The van der Waals surface area contributed by atoms with Crippen LogP contribution in [0.25, 0.3) is 0 Å². The van der Waals surface area contributed by atoms with Crippen LogP contribution in [0.1, 0.15) is 0 Å². The molecule has 0 aromatic carbocycles. The van der Waals surface area contributed by atoms with Crippen molar-refractivity contribution in [2.75, 3.05) is 6.61 Å². The Balaban J connectivity index is 2.82. The van der Waals surface area contributed by atoms with Crippen LogP contribution in [0, 0.1) is 0 Å². The zero-order chi connectivity index (χ0) is 8.97. The first kappa shape index (κ1) is 9.48. The van der Waals surface area contributed by atoms with Gasteiger partial charge in [0, 0.05) is 6.20 Å². The van der Waals surface area contributed by atoms with Gasteiger partial charge < -0.3 is 4.74 Å². The third-order valence-electron chi connectivity index (χ3n) is 1.02. The molecule has 64 valence electrons. The molecule has 1 rings (SSSR count). The van der Waals surface area contributed by atoms with Crippen molar-refractivity contribution in [2.24, 2.45) is 0 Å². The van der Waals surface area contributed by atoms with E-state index in [0.717, 1.165) is 0 Å². The minimum atomic E-state index is 0.164. The molecule has 0 spiro atoms. The zero-order valence-corrected chi connectivity index (χ0v) is 8.47. The van der Waals surface area contributed by atoms with Crippen molar-refractivity contribution in [1.29, 1.82) is 0 Å². The van der Waals surface area contributed by atoms with Crippen molar-refractivity contribution in [3.05, 3.63) is 28.6 Å². The summed E-state index contributed by atoms with van der Waals surface area (Å²) in [6, 6.07) is 0. The minimum Gasteiger partial charge on any atom is -0.473 e. The fraction of sp³-hybridized carbons (Fsp3) is 0.143. The van der Waals surface area contributed by atoms with E-state index in [4.69, 9.17) is 16.3 Å². The Morgan fingerprint density at radius 3 is 3.17 bits per heavy atom. The molecule has 0 N–H and O–H groups in total. The van der Waals surface area contributed by atoms with Crippen molar-refractivity contribution in [3.63, 3.8) is 0 Å². The summed E-state index contributed by atoms with van der Waals surface area (Å²) in [5.74, 6) is 0.426. The van der Waals surface area contributed by atoms with E-state index in [2.05, 4.69) is 32.5 Å². The zero-order valence-electron chi connectivity index (χ0n) is 6.13. The van der Waals surface area contributed by atoms with Crippen molar-refractivity contribution < 1.29 is 4.74 Å². The highest BCUT2D eigenvalue weighted by molar-refractivity contribution is 9.10. The van der Waals surface area contributed by atoms with Gasteiger partial charge >= 0.3 is 0 Å². The lowest BCUT2D eigenvalue weighted by Crippen LogP contribution is -1.97. The van der Waals surface area contributed by atoms with Gasteiger partial charge in [-0.1, -0.05) is 12.7 Å². The molecule has 0 saturated heterocycles. The molecule has 0 unspecified atom stereocenters. The largest absolute Gasteiger partial charge is 0.473 e. The molecule has 0 amide bonds. The molecule has 0 aliphatic heterocycles. The number of nitrogens with zero attached hydrogens (tertiary/aromatic N) is 2. The number of aromatic nitrogens is 2. The lowest BCUT2D eigenvalue weighted by atomic mass is 10.6. The lowest BCUT2D eigenvalue weighted by Gasteiger charge is -2.02. The second kappa shape index (κ2) is 4.42. The molecule has 0 bridgehead atoms. The van der Waals surface area contributed by atoms with Gasteiger partial charge in [-0.15, -0.1) is 0 Å². The molecular weight excluding hydrogens is 243 g/mol. The fourth-order valence-corrected chi connectivity index (χ4v) is 1.00. The topological polar surface area (TPSA) is 35.0 Å². The first-order valence-corrected chi connectivity index (χ1v) is 4.33. The van der Waals surface area contributed by atoms with Crippen LogP contribution in [0.4, 0.5) is 0 Å². The Labute approximate surface area is 83.6 Å². The number of halogens is 2. The van der Waals surface area contributed by atoms with Crippen molar-refractivity contribution in [3.8, 4) is 5.88 Å². The summed E-state index contributed by atoms with van der Waals surface area (Å²) in [4.78, 5) is 7.60. The van der Waals surface area contributed by atoms with Crippen molar-refractivity contribution in [1.82, 2.24) is 9.97 Å². The lowest BCUT2D eigenvalue weighted by molar-refractivity contribution is 0.345. The normalized spacial score (nSPS) is 9.50. The van der Waals surface area contributed by atoms with Crippen LogP contribution in [0.2, 0.25) is 5.28 Å². The molecule has 5 heteroatoms. The molecular formula is C7H6BrClN2O. The van der Waals surface area contributed by atoms with E-state index in [1.807, 2.05) is 0 Å². The van der Waals surface area contributed by atoms with E-state index in [1.54, 1.807) is 6.08 Å². The predicted octanol–water partition coefficient (Wildman–Crippen LogP) is 2.46. The summed E-state index contributed by atoms with van der Waals surface area (Å²) in [5, 5.41) is 0.164. The average Bonchev–Trinajstić information content (AvgIpc) is 2.07. The van der Waals surface area contributed by atoms with Gasteiger partial charge in [0.25, 0.3) is 0 Å². The summed E-state index contributed by atoms with van der Waals surface area (Å²) in [7, 11) is 0. The molecule has 3 nitrogen and oxygen atoms in total. The monoisotopic (exact) mass is 248 g/mol. The van der Waals surface area contributed by atoms with Crippen LogP contribution in [0.15, 0.2) is 23.3 Å². The van der Waals surface area contributed by atoms with E-state index >= 15 is 0 Å². The first-order valence-electron chi connectivity index (χ1n) is 3.15. The van der Waals surface area contributed by atoms with Crippen LogP contribution < -0.4 is 4.74 Å². The second-order valence-electron chi connectivity index (χ2n) is 1.89. The van der Waals surface area contributed by atoms with Crippen molar-refractivity contribution >= 4 is 27.5 Å². The molecule has 12 heavy (non-hydrogen) atoms. The van der Waals surface area contributed by atoms with Gasteiger partial charge in [-0.05, 0) is 27.5 Å². The molecule has 1 aromatic rings. The van der Waals surface area contributed by atoms with E-state index < -0.39 is 0 Å². The van der Waals surface area contributed by atoms with Gasteiger partial charge in [0.15, 0.2) is 0 Å². The second-order valence-corrected chi connectivity index (χ2v) is 3.08. The molecule has 1 aromatic heterocycles. The quantitative estimate of drug-likeness (QED) is 0.610. The van der Waals surface area contributed by atoms with Gasteiger partial charge in [0.1, 0.15) is 6.61 Å². The molecule has 0 saturated carbocycles. The van der Waals surface area contributed by atoms with Crippen LogP contribution in [-0.4, -0.2) is 16.6 Å². The van der Waals surface area contributed by atoms with Gasteiger partial charge in [-0.25, -0.2) is 4.98 Å². The molecule has 0 radical (unpaired) electrons. The van der Waals surface area contributed by atoms with Gasteiger partial charge in [-0.2, -0.15) is 4.98 Å². The summed E-state index contributed by atoms with van der Waals surface area (Å²) >= 11 is 8.76. The Morgan fingerprint density at radius 2 is 2.50 bits per heavy atom. The van der Waals surface area contributed by atoms with Crippen molar-refractivity contribution in [2.45, 2.75) is 0 Å². The standard InChI is InChI=1S/C7H6BrClN2O/c1-2-3-12-6-5(8)4-10-7(9)11-6/h2,4H,1,3H2. The number of ether oxygens (including phenoxy) is 1. The maximum atomic E-state index is 5.55. The van der Waals surface area contributed by atoms with Gasteiger partial charge in [0.05, 0.1) is 4.47 Å². The number of rotatable bonds is 3. The highest BCUT2D eigenvalue weighted by Gasteiger charge is 2.03. The molecule has 0 fully saturated rings. The number of hydrogen-bond donors (Lipinski definition) is 0. The van der Waals surface area contributed by atoms with Crippen LogP contribution in [0.5, 0.6) is 5.88 Å². The highest BCUT2D eigenvalue weighted by Crippen LogP contribution is 2.22. The van der Waals surface area contributed by atoms with Gasteiger partial charge in [0.2, 0.25) is 11.2 Å². The molecule has 1 heterocycles. The Hall–Kier alpha value is -0.610. The number of hydrogen-bond acceptors (Lipinski definition) is 3. The fourth-order valence-electron chi connectivity index (χ4n) is 0.570. The predicted molar refractivity (Wildman–Crippen MR) is 50.4 cm³/mol. The Morgan fingerprint density at radius 1 is 1.75 bits per heavy atom. The summed E-state index contributed by atoms with van der Waals surface area (Å²) in [6.07, 6.45) is 3.16. The Bertz CT molecular complexity index is 293. The third-order valence-corrected chi connectivity index (χ3v) is 1.75. The summed E-state index contributed by atoms with van der Waals surface area (Å²) < 4.78 is 5.84. The SMILES string of the molecule is C=CCOc1nc(Cl)ncc1Br. The average molecular weight is 249 g/mol.